The van der Waals surface area contributed by atoms with Crippen LogP contribution >= 0.6 is 27.7 Å². The highest BCUT2D eigenvalue weighted by Crippen LogP contribution is 1.98. The first kappa shape index (κ1) is 8.04. The molecule has 3 N–H and O–H groups in total. The van der Waals surface area contributed by atoms with E-state index in [4.69, 9.17) is 11.1 Å². The monoisotopic (exact) mass is 194 g/mol. The van der Waals surface area contributed by atoms with Crippen LogP contribution in [0.25, 0.3) is 0 Å². The van der Waals surface area contributed by atoms with Gasteiger partial charge in [0, 0.05) is 5.75 Å². The Morgan fingerprint density at radius 3 is 2.88 bits per heavy atom. The Kier molecular flexibility index (Phi) is 5.21. The lowest BCUT2D eigenvalue weighted by Crippen LogP contribution is -2.03. The van der Waals surface area contributed by atoms with Crippen LogP contribution in [0, 0.1) is 5.41 Å². The minimum atomic E-state index is 0.163. The molecule has 46 valence electrons. The van der Waals surface area contributed by atoms with Crippen molar-refractivity contribution in [3.05, 3.63) is 11.1 Å². The molecule has 0 bridgehead atoms. The van der Waals surface area contributed by atoms with Crippen molar-refractivity contribution < 1.29 is 0 Å². The Morgan fingerprint density at radius 1 is 1.88 bits per heavy atom. The Bertz CT molecular complexity index is 102. The van der Waals surface area contributed by atoms with Gasteiger partial charge in [-0.3, -0.25) is 5.41 Å². The summed E-state index contributed by atoms with van der Waals surface area (Å²) in [5.74, 6) is 0.764. The fourth-order valence-electron chi connectivity index (χ4n) is 0.174. The molecule has 0 aromatic rings. The Balaban J connectivity index is 3.05. The van der Waals surface area contributed by atoms with Crippen molar-refractivity contribution in [2.75, 3.05) is 5.75 Å². The zero-order valence-corrected chi connectivity index (χ0v) is 6.63. The second-order valence-corrected chi connectivity index (χ2v) is 2.63. The number of hydrogen-bond acceptors (Lipinski definition) is 2. The van der Waals surface area contributed by atoms with E-state index >= 15 is 0 Å². The van der Waals surface area contributed by atoms with E-state index in [-0.39, 0.29) is 5.17 Å². The number of thioether (sulfide) groups is 1. The number of rotatable bonds is 2. The maximum Gasteiger partial charge on any atom is 0.151 e. The van der Waals surface area contributed by atoms with Gasteiger partial charge in [0.25, 0.3) is 0 Å². The van der Waals surface area contributed by atoms with Crippen LogP contribution in [0.4, 0.5) is 0 Å². The van der Waals surface area contributed by atoms with Gasteiger partial charge in [0.2, 0.25) is 0 Å². The van der Waals surface area contributed by atoms with Gasteiger partial charge >= 0.3 is 0 Å². The first-order chi connectivity index (χ1) is 3.77. The van der Waals surface area contributed by atoms with Gasteiger partial charge < -0.3 is 5.73 Å². The lowest BCUT2D eigenvalue weighted by atomic mass is 10.8. The molecule has 0 fully saturated rings. The maximum absolute atomic E-state index is 6.76. The highest BCUT2D eigenvalue weighted by Gasteiger charge is 1.82. The van der Waals surface area contributed by atoms with Crippen LogP contribution in [0.5, 0.6) is 0 Å². The van der Waals surface area contributed by atoms with E-state index < -0.39 is 0 Å². The minimum absolute atomic E-state index is 0.163. The molecule has 0 saturated heterocycles. The standard InChI is InChI=1S/C4H7BrN2S/c5-2-1-3-8-4(6)7/h1-2H,3H2,(H3,6,7)/b2-1+. The second kappa shape index (κ2) is 5.18. The van der Waals surface area contributed by atoms with E-state index in [9.17, 15) is 0 Å². The molecule has 2 nitrogen and oxygen atoms in total. The number of nitrogens with two attached hydrogens (primary N) is 1. The molecule has 8 heavy (non-hydrogen) atoms. The molecule has 0 unspecified atom stereocenters. The number of halogens is 1. The average molecular weight is 195 g/mol. The highest BCUT2D eigenvalue weighted by molar-refractivity contribution is 9.11. The molecule has 0 radical (unpaired) electrons. The summed E-state index contributed by atoms with van der Waals surface area (Å²) in [4.78, 5) is 1.75. The summed E-state index contributed by atoms with van der Waals surface area (Å²) in [6.45, 7) is 0. The largest absolute Gasteiger partial charge is 0.379 e. The Hall–Kier alpha value is 0.0400. The van der Waals surface area contributed by atoms with Crippen LogP contribution in [-0.2, 0) is 0 Å². The zero-order chi connectivity index (χ0) is 6.41. The van der Waals surface area contributed by atoms with E-state index in [2.05, 4.69) is 15.9 Å². The van der Waals surface area contributed by atoms with E-state index in [1.54, 1.807) is 4.99 Å². The molecule has 4 heteroatoms. The van der Waals surface area contributed by atoms with Crippen molar-refractivity contribution in [3.8, 4) is 0 Å². The van der Waals surface area contributed by atoms with Crippen LogP contribution < -0.4 is 5.73 Å². The molecule has 0 amide bonds. The predicted molar refractivity (Wildman–Crippen MR) is 42.4 cm³/mol. The van der Waals surface area contributed by atoms with Gasteiger partial charge in [-0.25, -0.2) is 0 Å². The topological polar surface area (TPSA) is 49.9 Å². The van der Waals surface area contributed by atoms with E-state index in [0.29, 0.717) is 0 Å². The number of nitrogens with one attached hydrogen (secondary N) is 1. The minimum Gasteiger partial charge on any atom is -0.379 e. The molecule has 0 aromatic heterocycles. The average Bonchev–Trinajstić information content (AvgIpc) is 1.66. The van der Waals surface area contributed by atoms with Gasteiger partial charge in [0.1, 0.15) is 0 Å². The van der Waals surface area contributed by atoms with E-state index in [1.165, 1.54) is 11.8 Å². The smallest absolute Gasteiger partial charge is 0.151 e. The molecular weight excluding hydrogens is 188 g/mol. The molecular formula is C4H7BrN2S. The van der Waals surface area contributed by atoms with Crippen LogP contribution in [-0.4, -0.2) is 10.9 Å². The van der Waals surface area contributed by atoms with Crippen LogP contribution in [0.3, 0.4) is 0 Å². The van der Waals surface area contributed by atoms with Gasteiger partial charge in [0.15, 0.2) is 5.17 Å². The van der Waals surface area contributed by atoms with Crippen molar-refractivity contribution in [1.82, 2.24) is 0 Å². The maximum atomic E-state index is 6.76. The number of hydrogen-bond donors (Lipinski definition) is 2. The summed E-state index contributed by atoms with van der Waals surface area (Å²) >= 11 is 4.39. The van der Waals surface area contributed by atoms with Gasteiger partial charge in [-0.1, -0.05) is 33.8 Å². The van der Waals surface area contributed by atoms with Gasteiger partial charge in [-0.2, -0.15) is 0 Å². The first-order valence-corrected chi connectivity index (χ1v) is 3.89. The molecule has 0 saturated carbocycles. The molecule has 0 atom stereocenters. The summed E-state index contributed by atoms with van der Waals surface area (Å²) in [5.41, 5.74) is 5.03. The third-order valence-corrected chi connectivity index (χ3v) is 1.47. The fraction of sp³-hybridized carbons (Fsp3) is 0.250. The Morgan fingerprint density at radius 2 is 2.50 bits per heavy atom. The van der Waals surface area contributed by atoms with Crippen LogP contribution in [0.1, 0.15) is 0 Å². The predicted octanol–water partition coefficient (Wildman–Crippen LogP) is 1.52. The summed E-state index contributed by atoms with van der Waals surface area (Å²) < 4.78 is 0. The first-order valence-electron chi connectivity index (χ1n) is 1.99. The van der Waals surface area contributed by atoms with Crippen molar-refractivity contribution in [1.29, 1.82) is 5.41 Å². The Labute approximate surface area is 61.2 Å². The second-order valence-electron chi connectivity index (χ2n) is 1.04. The van der Waals surface area contributed by atoms with Crippen molar-refractivity contribution >= 4 is 32.9 Å². The van der Waals surface area contributed by atoms with Crippen molar-refractivity contribution in [2.24, 2.45) is 5.73 Å². The summed E-state index contributed by atoms with van der Waals surface area (Å²) in [7, 11) is 0. The van der Waals surface area contributed by atoms with Crippen molar-refractivity contribution in [2.45, 2.75) is 0 Å². The molecule has 0 aliphatic heterocycles. The third kappa shape index (κ3) is 6.04. The van der Waals surface area contributed by atoms with Crippen LogP contribution in [0.15, 0.2) is 11.1 Å². The van der Waals surface area contributed by atoms with Crippen LogP contribution in [0.2, 0.25) is 0 Å². The van der Waals surface area contributed by atoms with Crippen molar-refractivity contribution in [3.63, 3.8) is 0 Å². The summed E-state index contributed by atoms with van der Waals surface area (Å²) in [6, 6.07) is 0. The summed E-state index contributed by atoms with van der Waals surface area (Å²) in [6.07, 6.45) is 1.88. The lowest BCUT2D eigenvalue weighted by Gasteiger charge is -1.88. The highest BCUT2D eigenvalue weighted by atomic mass is 79.9. The van der Waals surface area contributed by atoms with E-state index in [1.807, 2.05) is 6.08 Å². The third-order valence-electron chi connectivity index (χ3n) is 0.424. The van der Waals surface area contributed by atoms with E-state index in [0.717, 1.165) is 5.75 Å². The fourth-order valence-corrected chi connectivity index (χ4v) is 0.981. The zero-order valence-electron chi connectivity index (χ0n) is 4.23. The molecule has 0 rings (SSSR count). The molecule has 0 heterocycles. The van der Waals surface area contributed by atoms with Gasteiger partial charge in [-0.05, 0) is 4.99 Å². The molecule has 0 spiro atoms. The molecule has 0 aromatic carbocycles. The number of amidine groups is 1. The summed E-state index contributed by atoms with van der Waals surface area (Å²) in [5, 5.41) is 6.93. The normalized spacial score (nSPS) is 10.1. The molecule has 0 aliphatic carbocycles. The SMILES string of the molecule is N=C(N)SC/C=C/Br. The molecule has 0 aliphatic rings. The lowest BCUT2D eigenvalue weighted by molar-refractivity contribution is 1.50. The van der Waals surface area contributed by atoms with Gasteiger partial charge in [-0.15, -0.1) is 0 Å². The van der Waals surface area contributed by atoms with Gasteiger partial charge in [0.05, 0.1) is 0 Å². The quantitative estimate of drug-likeness (QED) is 0.518.